The zero-order valence-corrected chi connectivity index (χ0v) is 19.6. The maximum atomic E-state index is 12.6. The number of benzene rings is 2. The van der Waals surface area contributed by atoms with Gasteiger partial charge in [0.1, 0.15) is 4.21 Å². The van der Waals surface area contributed by atoms with Crippen LogP contribution in [0.5, 0.6) is 11.5 Å². The number of nitrogens with one attached hydrogen (secondary N) is 2. The first-order chi connectivity index (χ1) is 15.4. The van der Waals surface area contributed by atoms with Crippen molar-refractivity contribution in [2.24, 2.45) is 0 Å². The van der Waals surface area contributed by atoms with Gasteiger partial charge in [0.15, 0.2) is 11.5 Å². The molecule has 0 atom stereocenters. The summed E-state index contributed by atoms with van der Waals surface area (Å²) in [6, 6.07) is 15.3. The number of hydrogen-bond donors (Lipinski definition) is 2. The molecular weight excluding hydrogens is 448 g/mol. The Kier molecular flexibility index (Phi) is 8.13. The highest BCUT2D eigenvalue weighted by Gasteiger charge is 2.16. The summed E-state index contributed by atoms with van der Waals surface area (Å²) in [5.74, 6) is 1.10. The molecule has 0 aliphatic rings. The molecule has 3 aromatic rings. The van der Waals surface area contributed by atoms with Crippen LogP contribution >= 0.6 is 11.3 Å². The van der Waals surface area contributed by atoms with Gasteiger partial charge in [0.2, 0.25) is 0 Å². The normalized spacial score (nSPS) is 11.1. The molecule has 0 fully saturated rings. The maximum Gasteiger partial charge on any atom is 0.271 e. The van der Waals surface area contributed by atoms with Gasteiger partial charge in [-0.05, 0) is 67.6 Å². The Bertz CT molecular complexity index is 1140. The lowest BCUT2D eigenvalue weighted by Crippen LogP contribution is -2.25. The van der Waals surface area contributed by atoms with Crippen LogP contribution in [0.1, 0.15) is 29.8 Å². The lowest BCUT2D eigenvalue weighted by atomic mass is 10.1. The predicted octanol–water partition coefficient (Wildman–Crippen LogP) is 4.32. The van der Waals surface area contributed by atoms with Gasteiger partial charge >= 0.3 is 0 Å². The van der Waals surface area contributed by atoms with Gasteiger partial charge in [0, 0.05) is 17.8 Å². The number of amides is 1. The number of thiophene rings is 1. The Morgan fingerprint density at radius 1 is 0.969 bits per heavy atom. The molecule has 1 heterocycles. The summed E-state index contributed by atoms with van der Waals surface area (Å²) in [6.07, 6.45) is 0.614. The Hall–Kier alpha value is -3.04. The van der Waals surface area contributed by atoms with Crippen LogP contribution in [0.3, 0.4) is 0 Å². The number of carbonyl (C=O) groups excluding carboxylic acids is 1. The van der Waals surface area contributed by atoms with E-state index < -0.39 is 10.0 Å². The topological polar surface area (TPSA) is 93.7 Å². The molecule has 0 radical (unpaired) electrons. The summed E-state index contributed by atoms with van der Waals surface area (Å²) in [7, 11) is -3.67. The van der Waals surface area contributed by atoms with E-state index >= 15 is 0 Å². The van der Waals surface area contributed by atoms with Crippen LogP contribution < -0.4 is 19.5 Å². The third-order valence-electron chi connectivity index (χ3n) is 4.44. The van der Waals surface area contributed by atoms with E-state index in [9.17, 15) is 13.2 Å². The van der Waals surface area contributed by atoms with Crippen LogP contribution in [0.2, 0.25) is 0 Å². The van der Waals surface area contributed by atoms with E-state index in [0.29, 0.717) is 48.9 Å². The standard InChI is InChI=1S/C23H26N2O5S2/c1-3-29-20-11-10-17(15-21(20)30-4-2)12-13-24-23(26)18-7-5-8-19(16-18)25-32(27,28)22-9-6-14-31-22/h5-11,14-16,25H,3-4,12-13H2,1-2H3,(H,24,26). The molecule has 1 amide bonds. The summed E-state index contributed by atoms with van der Waals surface area (Å²) in [4.78, 5) is 12.6. The molecule has 3 rings (SSSR count). The quantitative estimate of drug-likeness (QED) is 0.432. The van der Waals surface area contributed by atoms with E-state index in [0.717, 1.165) is 16.9 Å². The second-order valence-electron chi connectivity index (χ2n) is 6.77. The molecule has 2 aromatic carbocycles. The van der Waals surface area contributed by atoms with E-state index in [2.05, 4.69) is 10.0 Å². The zero-order chi connectivity index (χ0) is 23.0. The molecule has 170 valence electrons. The van der Waals surface area contributed by atoms with Crippen LogP contribution in [0.15, 0.2) is 64.2 Å². The summed E-state index contributed by atoms with van der Waals surface area (Å²) in [6.45, 7) is 5.34. The molecule has 0 aliphatic heterocycles. The number of carbonyl (C=O) groups is 1. The lowest BCUT2D eigenvalue weighted by molar-refractivity contribution is 0.0954. The fraction of sp³-hybridized carbons (Fsp3) is 0.261. The molecule has 0 saturated heterocycles. The van der Waals surface area contributed by atoms with Crippen LogP contribution in [0.25, 0.3) is 0 Å². The van der Waals surface area contributed by atoms with E-state index in [1.54, 1.807) is 29.6 Å². The fourth-order valence-corrected chi connectivity index (χ4v) is 5.06. The van der Waals surface area contributed by atoms with Crippen molar-refractivity contribution in [3.63, 3.8) is 0 Å². The third-order valence-corrected chi connectivity index (χ3v) is 7.22. The van der Waals surface area contributed by atoms with Gasteiger partial charge in [-0.3, -0.25) is 9.52 Å². The van der Waals surface area contributed by atoms with E-state index in [1.807, 2.05) is 32.0 Å². The van der Waals surface area contributed by atoms with Crippen molar-refractivity contribution in [2.45, 2.75) is 24.5 Å². The third kappa shape index (κ3) is 6.24. The van der Waals surface area contributed by atoms with Crippen molar-refractivity contribution in [3.8, 4) is 11.5 Å². The molecule has 0 aliphatic carbocycles. The highest BCUT2D eigenvalue weighted by Crippen LogP contribution is 2.28. The molecule has 2 N–H and O–H groups in total. The number of ether oxygens (including phenoxy) is 2. The summed E-state index contributed by atoms with van der Waals surface area (Å²) >= 11 is 1.13. The van der Waals surface area contributed by atoms with Crippen LogP contribution in [0, 0.1) is 0 Å². The van der Waals surface area contributed by atoms with Crippen LogP contribution in [-0.2, 0) is 16.4 Å². The van der Waals surface area contributed by atoms with Gasteiger partial charge in [0.05, 0.1) is 13.2 Å². The zero-order valence-electron chi connectivity index (χ0n) is 18.0. The van der Waals surface area contributed by atoms with Crippen molar-refractivity contribution < 1.29 is 22.7 Å². The first-order valence-corrected chi connectivity index (χ1v) is 12.6. The predicted molar refractivity (Wildman–Crippen MR) is 126 cm³/mol. The van der Waals surface area contributed by atoms with Crippen LogP contribution in [-0.4, -0.2) is 34.1 Å². The van der Waals surface area contributed by atoms with Gasteiger partial charge in [0.25, 0.3) is 15.9 Å². The molecular formula is C23H26N2O5S2. The van der Waals surface area contributed by atoms with Crippen molar-refractivity contribution in [2.75, 3.05) is 24.5 Å². The molecule has 7 nitrogen and oxygen atoms in total. The molecule has 0 unspecified atom stereocenters. The lowest BCUT2D eigenvalue weighted by Gasteiger charge is -2.13. The van der Waals surface area contributed by atoms with Gasteiger partial charge in [-0.2, -0.15) is 0 Å². The fourth-order valence-electron chi connectivity index (χ4n) is 3.02. The number of sulfonamides is 1. The minimum Gasteiger partial charge on any atom is -0.490 e. The molecule has 1 aromatic heterocycles. The highest BCUT2D eigenvalue weighted by atomic mass is 32.2. The maximum absolute atomic E-state index is 12.6. The Labute approximate surface area is 192 Å². The van der Waals surface area contributed by atoms with Crippen molar-refractivity contribution in [1.29, 1.82) is 0 Å². The molecule has 32 heavy (non-hydrogen) atoms. The second-order valence-corrected chi connectivity index (χ2v) is 9.63. The smallest absolute Gasteiger partial charge is 0.271 e. The Balaban J connectivity index is 1.60. The van der Waals surface area contributed by atoms with Crippen molar-refractivity contribution in [3.05, 3.63) is 71.1 Å². The van der Waals surface area contributed by atoms with Gasteiger partial charge in [-0.25, -0.2) is 8.42 Å². The number of rotatable bonds is 11. The first kappa shape index (κ1) is 23.6. The molecule has 0 bridgehead atoms. The first-order valence-electron chi connectivity index (χ1n) is 10.3. The molecule has 0 saturated carbocycles. The van der Waals surface area contributed by atoms with Gasteiger partial charge in [-0.15, -0.1) is 11.3 Å². The molecule has 9 heteroatoms. The van der Waals surface area contributed by atoms with Crippen molar-refractivity contribution in [1.82, 2.24) is 5.32 Å². The second kappa shape index (κ2) is 11.0. The minimum atomic E-state index is -3.67. The highest BCUT2D eigenvalue weighted by molar-refractivity contribution is 7.94. The van der Waals surface area contributed by atoms with Crippen molar-refractivity contribution >= 4 is 33.0 Å². The van der Waals surface area contributed by atoms with Gasteiger partial charge < -0.3 is 14.8 Å². The Morgan fingerprint density at radius 2 is 1.75 bits per heavy atom. The van der Waals surface area contributed by atoms with E-state index in [1.165, 1.54) is 12.1 Å². The Morgan fingerprint density at radius 3 is 2.47 bits per heavy atom. The number of hydrogen-bond acceptors (Lipinski definition) is 6. The average Bonchev–Trinajstić information content (AvgIpc) is 3.32. The summed E-state index contributed by atoms with van der Waals surface area (Å²) < 4.78 is 38.7. The SMILES string of the molecule is CCOc1ccc(CCNC(=O)c2cccc(NS(=O)(=O)c3cccs3)c2)cc1OCC. The van der Waals surface area contributed by atoms with Crippen LogP contribution in [0.4, 0.5) is 5.69 Å². The monoisotopic (exact) mass is 474 g/mol. The molecule has 0 spiro atoms. The van der Waals surface area contributed by atoms with Gasteiger partial charge in [-0.1, -0.05) is 18.2 Å². The summed E-state index contributed by atoms with van der Waals surface area (Å²) in [5, 5.41) is 4.56. The minimum absolute atomic E-state index is 0.217. The largest absolute Gasteiger partial charge is 0.490 e. The van der Waals surface area contributed by atoms with E-state index in [4.69, 9.17) is 9.47 Å². The average molecular weight is 475 g/mol. The van der Waals surface area contributed by atoms with E-state index in [-0.39, 0.29) is 10.1 Å². The summed E-state index contributed by atoms with van der Waals surface area (Å²) in [5.41, 5.74) is 1.71. The number of anilines is 1.